The van der Waals surface area contributed by atoms with E-state index in [1.54, 1.807) is 7.11 Å². The lowest BCUT2D eigenvalue weighted by Crippen LogP contribution is -2.50. The van der Waals surface area contributed by atoms with Crippen LogP contribution in [0.5, 0.6) is 0 Å². The fourth-order valence-corrected chi connectivity index (χ4v) is 2.53. The molecule has 0 spiro atoms. The first-order chi connectivity index (χ1) is 8.06. The molecule has 5 heteroatoms. The molecule has 1 fully saturated rings. The Morgan fingerprint density at radius 2 is 2.29 bits per heavy atom. The van der Waals surface area contributed by atoms with Gasteiger partial charge in [0.05, 0.1) is 11.0 Å². The first-order valence-electron chi connectivity index (χ1n) is 6.14. The third-order valence-corrected chi connectivity index (χ3v) is 3.40. The third-order valence-electron chi connectivity index (χ3n) is 3.13. The van der Waals surface area contributed by atoms with E-state index in [0.717, 1.165) is 25.8 Å². The summed E-state index contributed by atoms with van der Waals surface area (Å²) in [5.41, 5.74) is 5.70. The van der Waals surface area contributed by atoms with Crippen LogP contribution in [0.3, 0.4) is 0 Å². The highest BCUT2D eigenvalue weighted by Gasteiger charge is 2.28. The Kier molecular flexibility index (Phi) is 5.85. The van der Waals surface area contributed by atoms with Crippen LogP contribution in [-0.2, 0) is 9.53 Å². The molecule has 0 aliphatic carbocycles. The highest BCUT2D eigenvalue weighted by atomic mass is 32.1. The summed E-state index contributed by atoms with van der Waals surface area (Å²) in [7, 11) is 1.65. The second-order valence-corrected chi connectivity index (χ2v) is 5.24. The van der Waals surface area contributed by atoms with Crippen molar-refractivity contribution in [1.82, 2.24) is 4.90 Å². The largest absolute Gasteiger partial charge is 0.392 e. The molecule has 0 aromatic rings. The SMILES string of the molecule is COCC(C)CC(=O)N1CCCCC1C(N)=S. The number of rotatable bonds is 5. The Bertz CT molecular complexity index is 284. The number of carbonyl (C=O) groups excluding carboxylic acids is 1. The van der Waals surface area contributed by atoms with E-state index in [1.807, 2.05) is 11.8 Å². The number of thiocarbonyl (C=S) groups is 1. The number of methoxy groups -OCH3 is 1. The molecule has 0 saturated carbocycles. The van der Waals surface area contributed by atoms with Gasteiger partial charge in [-0.2, -0.15) is 0 Å². The summed E-state index contributed by atoms with van der Waals surface area (Å²) in [5.74, 6) is 0.383. The van der Waals surface area contributed by atoms with Gasteiger partial charge in [-0.15, -0.1) is 0 Å². The Hall–Kier alpha value is -0.680. The normalized spacial score (nSPS) is 22.2. The zero-order chi connectivity index (χ0) is 12.8. The van der Waals surface area contributed by atoms with Gasteiger partial charge >= 0.3 is 0 Å². The first-order valence-corrected chi connectivity index (χ1v) is 6.54. The van der Waals surface area contributed by atoms with Gasteiger partial charge in [-0.25, -0.2) is 0 Å². The number of likely N-dealkylation sites (tertiary alicyclic amines) is 1. The lowest BCUT2D eigenvalue weighted by atomic mass is 10.00. The molecule has 17 heavy (non-hydrogen) atoms. The van der Waals surface area contributed by atoms with E-state index in [0.29, 0.717) is 18.0 Å². The predicted molar refractivity (Wildman–Crippen MR) is 71.8 cm³/mol. The van der Waals surface area contributed by atoms with E-state index in [9.17, 15) is 4.79 Å². The molecule has 1 aliphatic heterocycles. The summed E-state index contributed by atoms with van der Waals surface area (Å²) >= 11 is 5.04. The maximum absolute atomic E-state index is 12.2. The van der Waals surface area contributed by atoms with Crippen molar-refractivity contribution in [3.8, 4) is 0 Å². The molecule has 2 unspecified atom stereocenters. The summed E-state index contributed by atoms with van der Waals surface area (Å²) < 4.78 is 5.04. The molecule has 2 atom stereocenters. The molecule has 98 valence electrons. The molecule has 0 radical (unpaired) electrons. The molecule has 1 aliphatic rings. The summed E-state index contributed by atoms with van der Waals surface area (Å²) in [6.07, 6.45) is 3.55. The first kappa shape index (κ1) is 14.4. The van der Waals surface area contributed by atoms with Gasteiger partial charge in [0.2, 0.25) is 5.91 Å². The molecule has 0 aromatic heterocycles. The van der Waals surface area contributed by atoms with Crippen LogP contribution in [0.4, 0.5) is 0 Å². The predicted octanol–water partition coefficient (Wildman–Crippen LogP) is 1.33. The molecule has 1 saturated heterocycles. The number of amides is 1. The lowest BCUT2D eigenvalue weighted by molar-refractivity contribution is -0.134. The van der Waals surface area contributed by atoms with Crippen LogP contribution in [0.2, 0.25) is 0 Å². The van der Waals surface area contributed by atoms with E-state index in [-0.39, 0.29) is 17.9 Å². The van der Waals surface area contributed by atoms with E-state index in [4.69, 9.17) is 22.7 Å². The smallest absolute Gasteiger partial charge is 0.223 e. The number of hydrogen-bond donors (Lipinski definition) is 1. The number of nitrogens with two attached hydrogens (primary N) is 1. The molecule has 0 bridgehead atoms. The van der Waals surface area contributed by atoms with E-state index >= 15 is 0 Å². The van der Waals surface area contributed by atoms with Gasteiger partial charge in [0.25, 0.3) is 0 Å². The van der Waals surface area contributed by atoms with Crippen molar-refractivity contribution >= 4 is 23.1 Å². The van der Waals surface area contributed by atoms with Gasteiger partial charge in [-0.1, -0.05) is 19.1 Å². The third kappa shape index (κ3) is 4.24. The zero-order valence-electron chi connectivity index (χ0n) is 10.6. The van der Waals surface area contributed by atoms with Crippen molar-refractivity contribution in [2.24, 2.45) is 11.7 Å². The number of piperidine rings is 1. The Morgan fingerprint density at radius 3 is 2.88 bits per heavy atom. The average Bonchev–Trinajstić information content (AvgIpc) is 2.29. The van der Waals surface area contributed by atoms with Crippen LogP contribution in [-0.4, -0.2) is 42.1 Å². The van der Waals surface area contributed by atoms with Crippen molar-refractivity contribution in [3.63, 3.8) is 0 Å². The molecular weight excluding hydrogens is 236 g/mol. The molecular formula is C12H22N2O2S. The van der Waals surface area contributed by atoms with Crippen LogP contribution in [0.25, 0.3) is 0 Å². The molecule has 2 N–H and O–H groups in total. The Balaban J connectivity index is 2.56. The second-order valence-electron chi connectivity index (χ2n) is 4.77. The van der Waals surface area contributed by atoms with Gasteiger partial charge in [0.15, 0.2) is 0 Å². The molecule has 1 amide bonds. The quantitative estimate of drug-likeness (QED) is 0.756. The van der Waals surface area contributed by atoms with Crippen LogP contribution in [0, 0.1) is 5.92 Å². The van der Waals surface area contributed by atoms with Crippen molar-refractivity contribution < 1.29 is 9.53 Å². The topological polar surface area (TPSA) is 55.6 Å². The molecule has 1 rings (SSSR count). The van der Waals surface area contributed by atoms with E-state index in [2.05, 4.69) is 0 Å². The zero-order valence-corrected chi connectivity index (χ0v) is 11.5. The standard InChI is InChI=1S/C12H22N2O2S/c1-9(8-16-2)7-11(15)14-6-4-3-5-10(14)12(13)17/h9-10H,3-8H2,1-2H3,(H2,13,17). The maximum atomic E-state index is 12.2. The molecule has 1 heterocycles. The Morgan fingerprint density at radius 1 is 1.59 bits per heavy atom. The number of carbonyl (C=O) groups is 1. The minimum Gasteiger partial charge on any atom is -0.392 e. The van der Waals surface area contributed by atoms with Crippen molar-refractivity contribution in [2.45, 2.75) is 38.6 Å². The van der Waals surface area contributed by atoms with Crippen LogP contribution >= 0.6 is 12.2 Å². The van der Waals surface area contributed by atoms with Gasteiger partial charge in [0.1, 0.15) is 0 Å². The fourth-order valence-electron chi connectivity index (χ4n) is 2.28. The Labute approximate surface area is 108 Å². The van der Waals surface area contributed by atoms with Crippen molar-refractivity contribution in [1.29, 1.82) is 0 Å². The van der Waals surface area contributed by atoms with Gasteiger partial charge in [-0.3, -0.25) is 4.79 Å². The summed E-state index contributed by atoms with van der Waals surface area (Å²) in [5, 5.41) is 0. The molecule has 4 nitrogen and oxygen atoms in total. The highest BCUT2D eigenvalue weighted by molar-refractivity contribution is 7.80. The number of hydrogen-bond acceptors (Lipinski definition) is 3. The average molecular weight is 258 g/mol. The summed E-state index contributed by atoms with van der Waals surface area (Å²) in [6, 6.07) is -0.0407. The summed E-state index contributed by atoms with van der Waals surface area (Å²) in [4.78, 5) is 14.4. The van der Waals surface area contributed by atoms with Gasteiger partial charge in [-0.05, 0) is 25.2 Å². The minimum atomic E-state index is -0.0407. The highest BCUT2D eigenvalue weighted by Crippen LogP contribution is 2.19. The van der Waals surface area contributed by atoms with Crippen molar-refractivity contribution in [3.05, 3.63) is 0 Å². The number of nitrogens with zero attached hydrogens (tertiary/aromatic N) is 1. The van der Waals surface area contributed by atoms with Crippen LogP contribution in [0.1, 0.15) is 32.6 Å². The van der Waals surface area contributed by atoms with Gasteiger partial charge in [0, 0.05) is 26.7 Å². The summed E-state index contributed by atoms with van der Waals surface area (Å²) in [6.45, 7) is 3.40. The van der Waals surface area contributed by atoms with Crippen LogP contribution < -0.4 is 5.73 Å². The van der Waals surface area contributed by atoms with Gasteiger partial charge < -0.3 is 15.4 Å². The van der Waals surface area contributed by atoms with Crippen LogP contribution in [0.15, 0.2) is 0 Å². The fraction of sp³-hybridized carbons (Fsp3) is 0.833. The van der Waals surface area contributed by atoms with E-state index in [1.165, 1.54) is 0 Å². The second kappa shape index (κ2) is 6.91. The minimum absolute atomic E-state index is 0.0407. The lowest BCUT2D eigenvalue weighted by Gasteiger charge is -2.35. The number of ether oxygens (including phenoxy) is 1. The maximum Gasteiger partial charge on any atom is 0.223 e. The van der Waals surface area contributed by atoms with Crippen molar-refractivity contribution in [2.75, 3.05) is 20.3 Å². The monoisotopic (exact) mass is 258 g/mol. The molecule has 0 aromatic carbocycles. The van der Waals surface area contributed by atoms with E-state index < -0.39 is 0 Å².